The van der Waals surface area contributed by atoms with E-state index in [4.69, 9.17) is 0 Å². The summed E-state index contributed by atoms with van der Waals surface area (Å²) < 4.78 is 0. The fraction of sp³-hybridized carbons (Fsp3) is 0.917. The van der Waals surface area contributed by atoms with Crippen LogP contribution in [0.25, 0.3) is 0 Å². The Morgan fingerprint density at radius 2 is 1.34 bits per heavy atom. The van der Waals surface area contributed by atoms with E-state index < -0.39 is 0 Å². The summed E-state index contributed by atoms with van der Waals surface area (Å²) in [7, 11) is 0. The topological polar surface area (TPSA) is 43.9 Å². The first-order valence-electron chi connectivity index (χ1n) is 12.3. The summed E-state index contributed by atoms with van der Waals surface area (Å²) in [4.78, 5) is 31.7. The number of amides is 1. The molecule has 0 spiro atoms. The number of nitrogens with zero attached hydrogens (tertiary/aromatic N) is 3. The first-order valence-corrected chi connectivity index (χ1v) is 12.3. The highest BCUT2D eigenvalue weighted by molar-refractivity contribution is 5.81. The molecular weight excluding hydrogens is 362 g/mol. The Bertz CT molecular complexity index is 514. The number of unbranched alkanes of at least 4 members (excludes halogenated alkanes) is 1. The van der Waals surface area contributed by atoms with Crippen LogP contribution in [0, 0.1) is 17.8 Å². The van der Waals surface area contributed by atoms with Crippen LogP contribution in [0.2, 0.25) is 0 Å². The molecule has 0 N–H and O–H groups in total. The Kier molecular flexibility index (Phi) is 8.98. The molecule has 1 amide bonds. The Morgan fingerprint density at radius 3 is 1.93 bits per heavy atom. The highest BCUT2D eigenvalue weighted by atomic mass is 16.2. The zero-order valence-electron chi connectivity index (χ0n) is 18.9. The molecule has 166 valence electrons. The van der Waals surface area contributed by atoms with Gasteiger partial charge in [-0.3, -0.25) is 9.59 Å². The normalized spacial score (nSPS) is 27.9. The standard InChI is InChI=1S/C24H43N3O2/c1-3-25-16-18-26(19-17-25)13-5-4-6-21-11-14-27(15-12-21)24(29)23-9-7-22(8-10-23)20(2)28/h21-23H,3-19H2,1-2H3. The molecule has 5 nitrogen and oxygen atoms in total. The number of likely N-dealkylation sites (N-methyl/N-ethyl adjacent to an activating group) is 1. The average Bonchev–Trinajstić information content (AvgIpc) is 2.77. The molecule has 3 rings (SSSR count). The third kappa shape index (κ3) is 6.78. The lowest BCUT2D eigenvalue weighted by Gasteiger charge is -2.36. The minimum atomic E-state index is 0.176. The van der Waals surface area contributed by atoms with Crippen molar-refractivity contribution in [3.05, 3.63) is 0 Å². The molecule has 0 radical (unpaired) electrons. The van der Waals surface area contributed by atoms with E-state index in [0.29, 0.717) is 11.7 Å². The number of rotatable bonds is 8. The van der Waals surface area contributed by atoms with Gasteiger partial charge in [0.15, 0.2) is 0 Å². The van der Waals surface area contributed by atoms with Crippen LogP contribution < -0.4 is 0 Å². The molecule has 0 bridgehead atoms. The molecule has 0 unspecified atom stereocenters. The van der Waals surface area contributed by atoms with Crippen LogP contribution >= 0.6 is 0 Å². The van der Waals surface area contributed by atoms with E-state index in [0.717, 1.165) is 44.7 Å². The summed E-state index contributed by atoms with van der Waals surface area (Å²) in [5, 5.41) is 0. The third-order valence-corrected chi connectivity index (χ3v) is 7.83. The smallest absolute Gasteiger partial charge is 0.225 e. The van der Waals surface area contributed by atoms with Gasteiger partial charge in [-0.1, -0.05) is 19.8 Å². The Balaban J connectivity index is 1.26. The van der Waals surface area contributed by atoms with Crippen LogP contribution in [-0.2, 0) is 9.59 Å². The zero-order valence-corrected chi connectivity index (χ0v) is 18.9. The summed E-state index contributed by atoms with van der Waals surface area (Å²) in [6.07, 6.45) is 10.0. The van der Waals surface area contributed by atoms with Gasteiger partial charge in [-0.15, -0.1) is 0 Å². The van der Waals surface area contributed by atoms with Crippen molar-refractivity contribution in [3.63, 3.8) is 0 Å². The number of carbonyl (C=O) groups excluding carboxylic acids is 2. The minimum Gasteiger partial charge on any atom is -0.342 e. The maximum absolute atomic E-state index is 12.8. The number of hydrogen-bond acceptors (Lipinski definition) is 4. The Labute approximate surface area is 178 Å². The van der Waals surface area contributed by atoms with Crippen molar-refractivity contribution in [1.29, 1.82) is 0 Å². The molecule has 3 aliphatic rings. The summed E-state index contributed by atoms with van der Waals surface area (Å²) in [5.41, 5.74) is 0. The molecule has 0 atom stereocenters. The third-order valence-electron chi connectivity index (χ3n) is 7.83. The van der Waals surface area contributed by atoms with Crippen molar-refractivity contribution in [2.24, 2.45) is 17.8 Å². The second-order valence-corrected chi connectivity index (χ2v) is 9.70. The molecule has 1 aliphatic carbocycles. The molecule has 1 saturated carbocycles. The second-order valence-electron chi connectivity index (χ2n) is 9.70. The number of carbonyl (C=O) groups is 2. The Hall–Kier alpha value is -0.940. The molecule has 0 aromatic carbocycles. The number of ketones is 1. The van der Waals surface area contributed by atoms with Gasteiger partial charge in [-0.2, -0.15) is 0 Å². The fourth-order valence-corrected chi connectivity index (χ4v) is 5.54. The maximum Gasteiger partial charge on any atom is 0.225 e. The van der Waals surface area contributed by atoms with Gasteiger partial charge in [-0.25, -0.2) is 0 Å². The highest BCUT2D eigenvalue weighted by Gasteiger charge is 2.32. The van der Waals surface area contributed by atoms with Crippen molar-refractivity contribution in [3.8, 4) is 0 Å². The van der Waals surface area contributed by atoms with Crippen molar-refractivity contribution in [2.75, 3.05) is 52.4 Å². The molecule has 0 aromatic heterocycles. The monoisotopic (exact) mass is 405 g/mol. The lowest BCUT2D eigenvalue weighted by molar-refractivity contribution is -0.139. The fourth-order valence-electron chi connectivity index (χ4n) is 5.54. The maximum atomic E-state index is 12.8. The van der Waals surface area contributed by atoms with E-state index in [1.54, 1.807) is 6.92 Å². The summed E-state index contributed by atoms with van der Waals surface area (Å²) in [6, 6.07) is 0. The van der Waals surface area contributed by atoms with E-state index >= 15 is 0 Å². The molecule has 2 heterocycles. The number of hydrogen-bond donors (Lipinski definition) is 0. The summed E-state index contributed by atoms with van der Waals surface area (Å²) in [5.74, 6) is 1.87. The highest BCUT2D eigenvalue weighted by Crippen LogP contribution is 2.32. The zero-order chi connectivity index (χ0) is 20.6. The lowest BCUT2D eigenvalue weighted by Crippen LogP contribution is -2.46. The van der Waals surface area contributed by atoms with E-state index in [-0.39, 0.29) is 11.8 Å². The van der Waals surface area contributed by atoms with Gasteiger partial charge >= 0.3 is 0 Å². The summed E-state index contributed by atoms with van der Waals surface area (Å²) in [6.45, 7) is 13.3. The number of Topliss-reactive ketones (excluding diaryl/α,β-unsaturated/α-hetero) is 1. The first-order chi connectivity index (χ1) is 14.1. The molecule has 2 aliphatic heterocycles. The number of likely N-dealkylation sites (tertiary alicyclic amines) is 1. The van der Waals surface area contributed by atoms with Crippen molar-refractivity contribution in [1.82, 2.24) is 14.7 Å². The van der Waals surface area contributed by atoms with E-state index in [1.807, 2.05) is 0 Å². The van der Waals surface area contributed by atoms with Crippen LogP contribution in [0.4, 0.5) is 0 Å². The van der Waals surface area contributed by atoms with Gasteiger partial charge in [-0.05, 0) is 70.9 Å². The second kappa shape index (κ2) is 11.5. The quantitative estimate of drug-likeness (QED) is 0.580. The van der Waals surface area contributed by atoms with Crippen LogP contribution in [-0.4, -0.2) is 78.7 Å². The van der Waals surface area contributed by atoms with Crippen LogP contribution in [0.5, 0.6) is 0 Å². The molecule has 29 heavy (non-hydrogen) atoms. The van der Waals surface area contributed by atoms with Gasteiger partial charge in [0.25, 0.3) is 0 Å². The largest absolute Gasteiger partial charge is 0.342 e. The molecule has 3 fully saturated rings. The predicted octanol–water partition coefficient (Wildman–Crippen LogP) is 3.43. The molecule has 5 heteroatoms. The van der Waals surface area contributed by atoms with E-state index in [2.05, 4.69) is 21.6 Å². The molecular formula is C24H43N3O2. The van der Waals surface area contributed by atoms with Gasteiger partial charge < -0.3 is 14.7 Å². The minimum absolute atomic E-state index is 0.176. The molecule has 0 aromatic rings. The van der Waals surface area contributed by atoms with Crippen LogP contribution in [0.3, 0.4) is 0 Å². The Morgan fingerprint density at radius 1 is 0.759 bits per heavy atom. The van der Waals surface area contributed by atoms with E-state index in [1.165, 1.54) is 71.4 Å². The summed E-state index contributed by atoms with van der Waals surface area (Å²) >= 11 is 0. The SMILES string of the molecule is CCN1CCN(CCCCC2CCN(C(=O)C3CCC(C(C)=O)CC3)CC2)CC1. The van der Waals surface area contributed by atoms with E-state index in [9.17, 15) is 9.59 Å². The van der Waals surface area contributed by atoms with Crippen LogP contribution in [0.1, 0.15) is 71.6 Å². The molecule has 2 saturated heterocycles. The predicted molar refractivity (Wildman–Crippen MR) is 118 cm³/mol. The van der Waals surface area contributed by atoms with Gasteiger partial charge in [0.05, 0.1) is 0 Å². The van der Waals surface area contributed by atoms with Crippen molar-refractivity contribution < 1.29 is 9.59 Å². The number of piperazine rings is 1. The lowest BCUT2D eigenvalue weighted by atomic mass is 9.79. The average molecular weight is 406 g/mol. The van der Waals surface area contributed by atoms with Crippen molar-refractivity contribution in [2.45, 2.75) is 71.6 Å². The van der Waals surface area contributed by atoms with Gasteiger partial charge in [0.1, 0.15) is 5.78 Å². The van der Waals surface area contributed by atoms with Gasteiger partial charge in [0, 0.05) is 51.1 Å². The number of piperidine rings is 1. The first kappa shape index (κ1) is 22.7. The van der Waals surface area contributed by atoms with Crippen molar-refractivity contribution >= 4 is 11.7 Å². The van der Waals surface area contributed by atoms with Gasteiger partial charge in [0.2, 0.25) is 5.91 Å². The van der Waals surface area contributed by atoms with Crippen LogP contribution in [0.15, 0.2) is 0 Å².